The Morgan fingerprint density at radius 1 is 1.16 bits per heavy atom. The maximum absolute atomic E-state index is 6.09. The van der Waals surface area contributed by atoms with Crippen LogP contribution in [-0.4, -0.2) is 38.9 Å². The van der Waals surface area contributed by atoms with Crippen molar-refractivity contribution in [2.24, 2.45) is 7.05 Å². The van der Waals surface area contributed by atoms with E-state index >= 15 is 0 Å². The van der Waals surface area contributed by atoms with Gasteiger partial charge >= 0.3 is 0 Å². The molecule has 0 N–H and O–H groups in total. The van der Waals surface area contributed by atoms with Crippen LogP contribution in [0.3, 0.4) is 0 Å². The van der Waals surface area contributed by atoms with Gasteiger partial charge in [-0.2, -0.15) is 5.10 Å². The second-order valence-corrected chi connectivity index (χ2v) is 6.50. The average Bonchev–Trinajstić information content (AvgIpc) is 3.23. The lowest BCUT2D eigenvalue weighted by Gasteiger charge is -2.17. The number of aromatic nitrogens is 3. The maximum atomic E-state index is 6.09. The van der Waals surface area contributed by atoms with Crippen molar-refractivity contribution in [2.45, 2.75) is 19.1 Å². The molecule has 0 spiro atoms. The van der Waals surface area contributed by atoms with Gasteiger partial charge in [0, 0.05) is 56.4 Å². The molecular formula is C20H22N4O. The first kappa shape index (κ1) is 15.8. The minimum absolute atomic E-state index is 0.251. The SMILES string of the molecule is Cn1cc(CN2CCC(Oc3ccccc3)C2)c(-c2cccnc2)n1. The zero-order valence-corrected chi connectivity index (χ0v) is 14.4. The van der Waals surface area contributed by atoms with Crippen LogP contribution in [0.1, 0.15) is 12.0 Å². The molecule has 1 atom stereocenters. The van der Waals surface area contributed by atoms with Crippen LogP contribution in [-0.2, 0) is 13.6 Å². The molecule has 1 saturated heterocycles. The van der Waals surface area contributed by atoms with E-state index in [9.17, 15) is 0 Å². The fraction of sp³-hybridized carbons (Fsp3) is 0.300. The van der Waals surface area contributed by atoms with E-state index in [2.05, 4.69) is 27.2 Å². The average molecular weight is 334 g/mol. The Balaban J connectivity index is 1.43. The van der Waals surface area contributed by atoms with Crippen molar-refractivity contribution in [3.8, 4) is 17.0 Å². The van der Waals surface area contributed by atoms with Crippen LogP contribution >= 0.6 is 0 Å². The highest BCUT2D eigenvalue weighted by atomic mass is 16.5. The number of nitrogens with zero attached hydrogens (tertiary/aromatic N) is 4. The third-order valence-corrected chi connectivity index (χ3v) is 4.51. The summed E-state index contributed by atoms with van der Waals surface area (Å²) in [6, 6.07) is 14.1. The summed E-state index contributed by atoms with van der Waals surface area (Å²) >= 11 is 0. The number of rotatable bonds is 5. The molecule has 0 radical (unpaired) electrons. The van der Waals surface area contributed by atoms with Crippen molar-refractivity contribution in [3.05, 3.63) is 66.6 Å². The predicted molar refractivity (Wildman–Crippen MR) is 97.2 cm³/mol. The van der Waals surface area contributed by atoms with Crippen LogP contribution in [0, 0.1) is 0 Å². The van der Waals surface area contributed by atoms with Crippen molar-refractivity contribution in [1.82, 2.24) is 19.7 Å². The number of hydrogen-bond acceptors (Lipinski definition) is 4. The number of pyridine rings is 1. The third kappa shape index (κ3) is 3.72. The van der Waals surface area contributed by atoms with E-state index in [0.717, 1.165) is 43.1 Å². The Morgan fingerprint density at radius 3 is 2.84 bits per heavy atom. The molecule has 25 heavy (non-hydrogen) atoms. The van der Waals surface area contributed by atoms with Crippen molar-refractivity contribution < 1.29 is 4.74 Å². The first-order valence-electron chi connectivity index (χ1n) is 8.65. The Labute approximate surface area is 147 Å². The van der Waals surface area contributed by atoms with E-state index in [0.29, 0.717) is 0 Å². The summed E-state index contributed by atoms with van der Waals surface area (Å²) in [4.78, 5) is 6.65. The molecule has 1 fully saturated rings. The van der Waals surface area contributed by atoms with Crippen LogP contribution in [0.4, 0.5) is 0 Å². The highest BCUT2D eigenvalue weighted by Gasteiger charge is 2.25. The molecule has 128 valence electrons. The Kier molecular flexibility index (Phi) is 4.48. The monoisotopic (exact) mass is 334 g/mol. The summed E-state index contributed by atoms with van der Waals surface area (Å²) in [5, 5.41) is 4.63. The quantitative estimate of drug-likeness (QED) is 0.719. The van der Waals surface area contributed by atoms with Gasteiger partial charge < -0.3 is 4.74 Å². The lowest BCUT2D eigenvalue weighted by Crippen LogP contribution is -2.24. The number of hydrogen-bond donors (Lipinski definition) is 0. The summed E-state index contributed by atoms with van der Waals surface area (Å²) < 4.78 is 7.97. The second kappa shape index (κ2) is 7.07. The van der Waals surface area contributed by atoms with Gasteiger partial charge in [-0.1, -0.05) is 18.2 Å². The topological polar surface area (TPSA) is 43.2 Å². The third-order valence-electron chi connectivity index (χ3n) is 4.51. The smallest absolute Gasteiger partial charge is 0.119 e. The number of likely N-dealkylation sites (tertiary alicyclic amines) is 1. The van der Waals surface area contributed by atoms with E-state index < -0.39 is 0 Å². The second-order valence-electron chi connectivity index (χ2n) is 6.50. The largest absolute Gasteiger partial charge is 0.489 e. The van der Waals surface area contributed by atoms with Crippen LogP contribution in [0.5, 0.6) is 5.75 Å². The molecule has 1 unspecified atom stereocenters. The number of ether oxygens (including phenoxy) is 1. The van der Waals surface area contributed by atoms with Crippen LogP contribution in [0.2, 0.25) is 0 Å². The summed E-state index contributed by atoms with van der Waals surface area (Å²) in [5.74, 6) is 0.951. The molecule has 0 bridgehead atoms. The molecule has 3 aromatic rings. The van der Waals surface area contributed by atoms with E-state index in [1.54, 1.807) is 6.20 Å². The minimum atomic E-state index is 0.251. The molecule has 2 aromatic heterocycles. The predicted octanol–water partition coefficient (Wildman–Crippen LogP) is 3.14. The molecule has 5 heteroatoms. The standard InChI is InChI=1S/C20H22N4O/c1-23-13-17(20(22-23)16-6-5-10-21-12-16)14-24-11-9-19(15-24)25-18-7-3-2-4-8-18/h2-8,10,12-13,19H,9,11,14-15H2,1H3. The van der Waals surface area contributed by atoms with Gasteiger partial charge in [-0.05, 0) is 30.7 Å². The van der Waals surface area contributed by atoms with Crippen LogP contribution < -0.4 is 4.74 Å². The van der Waals surface area contributed by atoms with Gasteiger partial charge in [0.15, 0.2) is 0 Å². The zero-order chi connectivity index (χ0) is 17.1. The fourth-order valence-corrected chi connectivity index (χ4v) is 3.37. The lowest BCUT2D eigenvalue weighted by molar-refractivity contribution is 0.198. The lowest BCUT2D eigenvalue weighted by atomic mass is 10.1. The molecule has 0 aliphatic carbocycles. The molecule has 5 nitrogen and oxygen atoms in total. The summed E-state index contributed by atoms with van der Waals surface area (Å²) in [5.41, 5.74) is 3.31. The first-order chi connectivity index (χ1) is 12.3. The molecule has 0 saturated carbocycles. The normalized spacial score (nSPS) is 17.7. The van der Waals surface area contributed by atoms with Crippen molar-refractivity contribution >= 4 is 0 Å². The first-order valence-corrected chi connectivity index (χ1v) is 8.65. The molecule has 3 heterocycles. The minimum Gasteiger partial charge on any atom is -0.489 e. The Bertz CT molecular complexity index is 816. The van der Waals surface area contributed by atoms with E-state index in [-0.39, 0.29) is 6.10 Å². The van der Waals surface area contributed by atoms with E-state index in [1.807, 2.05) is 54.3 Å². The van der Waals surface area contributed by atoms with Crippen LogP contribution in [0.25, 0.3) is 11.3 Å². The Hall–Kier alpha value is -2.66. The van der Waals surface area contributed by atoms with Gasteiger partial charge in [-0.25, -0.2) is 0 Å². The zero-order valence-electron chi connectivity index (χ0n) is 14.4. The number of aryl methyl sites for hydroxylation is 1. The molecular weight excluding hydrogens is 312 g/mol. The van der Waals surface area contributed by atoms with Gasteiger partial charge in [0.2, 0.25) is 0 Å². The van der Waals surface area contributed by atoms with Crippen molar-refractivity contribution in [3.63, 3.8) is 0 Å². The number of para-hydroxylation sites is 1. The van der Waals surface area contributed by atoms with Gasteiger partial charge in [0.05, 0.1) is 5.69 Å². The van der Waals surface area contributed by atoms with Gasteiger partial charge in [-0.3, -0.25) is 14.6 Å². The molecule has 1 aliphatic rings. The molecule has 0 amide bonds. The highest BCUT2D eigenvalue weighted by molar-refractivity contribution is 5.61. The summed E-state index contributed by atoms with van der Waals surface area (Å²) in [6.07, 6.45) is 7.07. The van der Waals surface area contributed by atoms with Gasteiger partial charge in [0.1, 0.15) is 11.9 Å². The maximum Gasteiger partial charge on any atom is 0.119 e. The van der Waals surface area contributed by atoms with Gasteiger partial charge in [0.25, 0.3) is 0 Å². The van der Waals surface area contributed by atoms with E-state index in [4.69, 9.17) is 4.74 Å². The van der Waals surface area contributed by atoms with Gasteiger partial charge in [-0.15, -0.1) is 0 Å². The highest BCUT2D eigenvalue weighted by Crippen LogP contribution is 2.25. The Morgan fingerprint density at radius 2 is 2.04 bits per heavy atom. The summed E-state index contributed by atoms with van der Waals surface area (Å²) in [7, 11) is 1.97. The molecule has 4 rings (SSSR count). The van der Waals surface area contributed by atoms with Crippen molar-refractivity contribution in [2.75, 3.05) is 13.1 Å². The van der Waals surface area contributed by atoms with Crippen LogP contribution in [0.15, 0.2) is 61.1 Å². The fourth-order valence-electron chi connectivity index (χ4n) is 3.37. The summed E-state index contributed by atoms with van der Waals surface area (Å²) in [6.45, 7) is 2.86. The molecule has 1 aromatic carbocycles. The van der Waals surface area contributed by atoms with E-state index in [1.165, 1.54) is 5.56 Å². The molecule has 1 aliphatic heterocycles. The van der Waals surface area contributed by atoms with Crippen molar-refractivity contribution in [1.29, 1.82) is 0 Å². The number of benzene rings is 1.